The molecule has 5 nitrogen and oxygen atoms in total. The molecule has 1 unspecified atom stereocenters. The molecule has 3 aromatic rings. The smallest absolute Gasteiger partial charge is 0.262 e. The third-order valence-corrected chi connectivity index (χ3v) is 6.26. The zero-order valence-electron chi connectivity index (χ0n) is 16.7. The summed E-state index contributed by atoms with van der Waals surface area (Å²) in [6, 6.07) is 13.6. The van der Waals surface area contributed by atoms with Gasteiger partial charge < -0.3 is 5.32 Å². The topological polar surface area (TPSA) is 64.0 Å². The van der Waals surface area contributed by atoms with Crippen LogP contribution in [-0.2, 0) is 17.8 Å². The van der Waals surface area contributed by atoms with E-state index in [2.05, 4.69) is 57.4 Å². The Bertz CT molecular complexity index is 1080. The van der Waals surface area contributed by atoms with Crippen molar-refractivity contribution >= 4 is 44.5 Å². The summed E-state index contributed by atoms with van der Waals surface area (Å²) < 4.78 is 2.45. The minimum Gasteiger partial charge on any atom is -0.349 e. The fourth-order valence-electron chi connectivity index (χ4n) is 3.10. The van der Waals surface area contributed by atoms with Gasteiger partial charge in [-0.3, -0.25) is 14.2 Å². The molecule has 0 aliphatic carbocycles. The molecular weight excluding hydrogens is 450 g/mol. The van der Waals surface area contributed by atoms with Crippen molar-refractivity contribution in [3.05, 3.63) is 68.4 Å². The first kappa shape index (κ1) is 21.6. The van der Waals surface area contributed by atoms with Crippen molar-refractivity contribution in [3.8, 4) is 0 Å². The Labute approximate surface area is 183 Å². The van der Waals surface area contributed by atoms with Crippen LogP contribution in [0.2, 0.25) is 0 Å². The van der Waals surface area contributed by atoms with E-state index in [9.17, 15) is 9.59 Å². The molecule has 29 heavy (non-hydrogen) atoms. The highest BCUT2D eigenvalue weighted by atomic mass is 79.9. The second-order valence-electron chi connectivity index (χ2n) is 6.78. The fourth-order valence-corrected chi connectivity index (χ4v) is 4.34. The summed E-state index contributed by atoms with van der Waals surface area (Å²) in [5, 5.41) is 4.15. The monoisotopic (exact) mass is 473 g/mol. The molecule has 0 bridgehead atoms. The zero-order valence-corrected chi connectivity index (χ0v) is 19.1. The number of hydrogen-bond acceptors (Lipinski definition) is 4. The van der Waals surface area contributed by atoms with Gasteiger partial charge in [-0.1, -0.05) is 58.9 Å². The van der Waals surface area contributed by atoms with Crippen molar-refractivity contribution < 1.29 is 4.79 Å². The molecule has 1 amide bonds. The van der Waals surface area contributed by atoms with E-state index in [1.807, 2.05) is 26.0 Å². The average Bonchev–Trinajstić information content (AvgIpc) is 2.73. The SMILES string of the molecule is CCc1ccc(C(C)NC(=O)CSc2nc3ccc(Br)cc3c(=O)n2CC)cc1. The van der Waals surface area contributed by atoms with Gasteiger partial charge in [0.1, 0.15) is 0 Å². The van der Waals surface area contributed by atoms with Crippen molar-refractivity contribution in [3.63, 3.8) is 0 Å². The van der Waals surface area contributed by atoms with Gasteiger partial charge in [0.2, 0.25) is 5.91 Å². The van der Waals surface area contributed by atoms with Crippen molar-refractivity contribution in [2.24, 2.45) is 0 Å². The molecule has 0 spiro atoms. The lowest BCUT2D eigenvalue weighted by Gasteiger charge is -2.15. The van der Waals surface area contributed by atoms with Gasteiger partial charge in [0, 0.05) is 11.0 Å². The minimum atomic E-state index is -0.0916. The Kier molecular flexibility index (Phi) is 7.14. The maximum Gasteiger partial charge on any atom is 0.262 e. The summed E-state index contributed by atoms with van der Waals surface area (Å²) in [4.78, 5) is 29.8. The predicted octanol–water partition coefficient (Wildman–Crippen LogP) is 4.71. The molecule has 0 aliphatic rings. The number of carbonyl (C=O) groups excluding carboxylic acids is 1. The number of thioether (sulfide) groups is 1. The van der Waals surface area contributed by atoms with Crippen molar-refractivity contribution in [2.45, 2.75) is 44.9 Å². The van der Waals surface area contributed by atoms with Crippen LogP contribution >= 0.6 is 27.7 Å². The van der Waals surface area contributed by atoms with Gasteiger partial charge in [-0.25, -0.2) is 4.98 Å². The molecular formula is C22H24BrN3O2S. The molecule has 1 atom stereocenters. The average molecular weight is 474 g/mol. The summed E-state index contributed by atoms with van der Waals surface area (Å²) in [6.45, 7) is 6.49. The van der Waals surface area contributed by atoms with E-state index in [-0.39, 0.29) is 23.3 Å². The molecule has 3 rings (SSSR count). The number of carbonyl (C=O) groups is 1. The van der Waals surface area contributed by atoms with Crippen LogP contribution in [0.3, 0.4) is 0 Å². The first-order chi connectivity index (χ1) is 13.9. The van der Waals surface area contributed by atoms with E-state index in [4.69, 9.17) is 0 Å². The lowest BCUT2D eigenvalue weighted by molar-refractivity contribution is -0.119. The lowest BCUT2D eigenvalue weighted by Crippen LogP contribution is -2.29. The van der Waals surface area contributed by atoms with Gasteiger partial charge in [0.05, 0.1) is 22.7 Å². The number of rotatable bonds is 7. The predicted molar refractivity (Wildman–Crippen MR) is 122 cm³/mol. The van der Waals surface area contributed by atoms with E-state index in [1.165, 1.54) is 17.3 Å². The molecule has 2 aromatic carbocycles. The molecule has 0 fully saturated rings. The standard InChI is InChI=1S/C22H24BrN3O2S/c1-4-15-6-8-16(9-7-15)14(3)24-20(27)13-29-22-25-19-11-10-17(23)12-18(19)21(28)26(22)5-2/h6-12,14H,4-5,13H2,1-3H3,(H,24,27). The molecule has 1 aromatic heterocycles. The molecule has 152 valence electrons. The molecule has 0 radical (unpaired) electrons. The third-order valence-electron chi connectivity index (χ3n) is 4.80. The summed E-state index contributed by atoms with van der Waals surface area (Å²) in [6.07, 6.45) is 0.993. The van der Waals surface area contributed by atoms with Gasteiger partial charge in [-0.05, 0) is 49.6 Å². The van der Waals surface area contributed by atoms with Crippen LogP contribution in [0.25, 0.3) is 10.9 Å². The highest BCUT2D eigenvalue weighted by Crippen LogP contribution is 2.21. The molecule has 0 saturated heterocycles. The van der Waals surface area contributed by atoms with E-state index in [0.717, 1.165) is 16.5 Å². The summed E-state index contributed by atoms with van der Waals surface area (Å²) in [7, 11) is 0. The number of aromatic nitrogens is 2. The number of nitrogens with zero attached hydrogens (tertiary/aromatic N) is 2. The van der Waals surface area contributed by atoms with Crippen LogP contribution in [-0.4, -0.2) is 21.2 Å². The fraction of sp³-hybridized carbons (Fsp3) is 0.318. The summed E-state index contributed by atoms with van der Waals surface area (Å²) in [5.41, 5.74) is 2.89. The first-order valence-electron chi connectivity index (χ1n) is 9.64. The van der Waals surface area contributed by atoms with Crippen molar-refractivity contribution in [2.75, 3.05) is 5.75 Å². The second-order valence-corrected chi connectivity index (χ2v) is 8.64. The largest absolute Gasteiger partial charge is 0.349 e. The Morgan fingerprint density at radius 3 is 2.59 bits per heavy atom. The number of halogens is 1. The molecule has 0 aliphatic heterocycles. The van der Waals surface area contributed by atoms with E-state index >= 15 is 0 Å². The third kappa shape index (κ3) is 5.08. The summed E-state index contributed by atoms with van der Waals surface area (Å²) >= 11 is 4.68. The summed E-state index contributed by atoms with van der Waals surface area (Å²) in [5.74, 6) is 0.112. The Hall–Kier alpha value is -2.12. The van der Waals surface area contributed by atoms with Gasteiger partial charge in [0.25, 0.3) is 5.56 Å². The Morgan fingerprint density at radius 2 is 1.93 bits per heavy atom. The maximum absolute atomic E-state index is 12.8. The minimum absolute atomic E-state index is 0.0794. The molecule has 0 saturated carbocycles. The van der Waals surface area contributed by atoms with Crippen molar-refractivity contribution in [1.29, 1.82) is 0 Å². The number of aryl methyl sites for hydroxylation is 1. The highest BCUT2D eigenvalue weighted by molar-refractivity contribution is 9.10. The van der Waals surface area contributed by atoms with E-state index < -0.39 is 0 Å². The van der Waals surface area contributed by atoms with Crippen molar-refractivity contribution in [1.82, 2.24) is 14.9 Å². The number of fused-ring (bicyclic) bond motifs is 1. The Balaban J connectivity index is 1.71. The number of nitrogens with one attached hydrogen (secondary N) is 1. The lowest BCUT2D eigenvalue weighted by atomic mass is 10.1. The van der Waals surface area contributed by atoms with Gasteiger partial charge in [-0.15, -0.1) is 0 Å². The number of amides is 1. The maximum atomic E-state index is 12.8. The first-order valence-corrected chi connectivity index (χ1v) is 11.4. The molecule has 1 heterocycles. The van der Waals surface area contributed by atoms with E-state index in [0.29, 0.717) is 22.6 Å². The van der Waals surface area contributed by atoms with Crippen LogP contribution in [0.4, 0.5) is 0 Å². The van der Waals surface area contributed by atoms with Crippen LogP contribution in [0, 0.1) is 0 Å². The van der Waals surface area contributed by atoms with Gasteiger partial charge >= 0.3 is 0 Å². The van der Waals surface area contributed by atoms with Gasteiger partial charge in [0.15, 0.2) is 5.16 Å². The second kappa shape index (κ2) is 9.59. The van der Waals surface area contributed by atoms with Crippen LogP contribution in [0.15, 0.2) is 56.9 Å². The normalized spacial score (nSPS) is 12.1. The number of hydrogen-bond donors (Lipinski definition) is 1. The quantitative estimate of drug-likeness (QED) is 0.398. The molecule has 7 heteroatoms. The number of benzene rings is 2. The zero-order chi connectivity index (χ0) is 21.0. The van der Waals surface area contributed by atoms with E-state index in [1.54, 1.807) is 10.6 Å². The van der Waals surface area contributed by atoms with Gasteiger partial charge in [-0.2, -0.15) is 0 Å². The highest BCUT2D eigenvalue weighted by Gasteiger charge is 2.14. The van der Waals surface area contributed by atoms with Crippen LogP contribution < -0.4 is 10.9 Å². The van der Waals surface area contributed by atoms with Crippen LogP contribution in [0.5, 0.6) is 0 Å². The Morgan fingerprint density at radius 1 is 1.21 bits per heavy atom. The van der Waals surface area contributed by atoms with Crippen LogP contribution in [0.1, 0.15) is 37.9 Å². The molecule has 1 N–H and O–H groups in total.